The molecule has 2 N–H and O–H groups in total. The number of rotatable bonds is 5. The van der Waals surface area contributed by atoms with Gasteiger partial charge in [0.2, 0.25) is 0 Å². The minimum absolute atomic E-state index is 0.0377. The van der Waals surface area contributed by atoms with Crippen molar-refractivity contribution < 1.29 is 4.79 Å². The molecule has 100 valence electrons. The van der Waals surface area contributed by atoms with E-state index in [0.717, 1.165) is 5.82 Å². The van der Waals surface area contributed by atoms with Crippen LogP contribution in [0.15, 0.2) is 16.8 Å². The molecule has 1 fully saturated rings. The largest absolute Gasteiger partial charge is 0.350 e. The van der Waals surface area contributed by atoms with Crippen LogP contribution in [0.25, 0.3) is 0 Å². The highest BCUT2D eigenvalue weighted by molar-refractivity contribution is 7.71. The number of carbonyl (C=O) groups is 1. The third kappa shape index (κ3) is 2.76. The molecule has 2 heterocycles. The van der Waals surface area contributed by atoms with Gasteiger partial charge >= 0.3 is 0 Å². The van der Waals surface area contributed by atoms with Crippen molar-refractivity contribution in [3.63, 3.8) is 0 Å². The maximum atomic E-state index is 11.8. The number of nitrogens with one attached hydrogen (secondary N) is 2. The van der Waals surface area contributed by atoms with Gasteiger partial charge in [0.1, 0.15) is 5.82 Å². The van der Waals surface area contributed by atoms with Crippen molar-refractivity contribution in [2.45, 2.75) is 25.3 Å². The van der Waals surface area contributed by atoms with Gasteiger partial charge in [0.15, 0.2) is 4.77 Å². The molecular weight excluding hydrogens is 280 g/mol. The fourth-order valence-electron chi connectivity index (χ4n) is 1.98. The highest BCUT2D eigenvalue weighted by Crippen LogP contribution is 2.38. The Morgan fingerprint density at radius 3 is 3.16 bits per heavy atom. The zero-order valence-electron chi connectivity index (χ0n) is 10.3. The molecule has 0 radical (unpaired) electrons. The number of amides is 1. The molecule has 1 aliphatic rings. The first-order chi connectivity index (χ1) is 9.25. The van der Waals surface area contributed by atoms with Crippen molar-refractivity contribution in [2.75, 3.05) is 6.54 Å². The minimum Gasteiger partial charge on any atom is -0.350 e. The van der Waals surface area contributed by atoms with Crippen molar-refractivity contribution in [3.05, 3.63) is 33.0 Å². The Morgan fingerprint density at radius 2 is 2.47 bits per heavy atom. The SMILES string of the molecule is O=C(NCCn1c(C2CC2)n[nH]c1=S)c1ccsc1. The van der Waals surface area contributed by atoms with Crippen molar-refractivity contribution in [1.29, 1.82) is 0 Å². The van der Waals surface area contributed by atoms with E-state index in [1.807, 2.05) is 21.4 Å². The zero-order chi connectivity index (χ0) is 13.2. The lowest BCUT2D eigenvalue weighted by Gasteiger charge is -2.07. The smallest absolute Gasteiger partial charge is 0.252 e. The lowest BCUT2D eigenvalue weighted by molar-refractivity contribution is 0.0952. The monoisotopic (exact) mass is 294 g/mol. The number of hydrogen-bond donors (Lipinski definition) is 2. The van der Waals surface area contributed by atoms with Crippen molar-refractivity contribution in [2.24, 2.45) is 0 Å². The first-order valence-corrected chi connectivity index (χ1v) is 7.56. The predicted molar refractivity (Wildman–Crippen MR) is 76.0 cm³/mol. The molecule has 19 heavy (non-hydrogen) atoms. The van der Waals surface area contributed by atoms with Gasteiger partial charge in [-0.15, -0.1) is 0 Å². The van der Waals surface area contributed by atoms with Crippen molar-refractivity contribution in [3.8, 4) is 0 Å². The van der Waals surface area contributed by atoms with Gasteiger partial charge in [-0.2, -0.15) is 16.4 Å². The fourth-order valence-corrected chi connectivity index (χ4v) is 2.84. The Balaban J connectivity index is 1.59. The Kier molecular flexibility index (Phi) is 3.48. The third-order valence-corrected chi connectivity index (χ3v) is 4.13. The lowest BCUT2D eigenvalue weighted by atomic mass is 10.3. The zero-order valence-corrected chi connectivity index (χ0v) is 11.9. The molecule has 0 aliphatic heterocycles. The van der Waals surface area contributed by atoms with Crippen LogP contribution in [-0.2, 0) is 6.54 Å². The molecular formula is C12H14N4OS2. The van der Waals surface area contributed by atoms with Crippen LogP contribution in [-0.4, -0.2) is 27.2 Å². The first-order valence-electron chi connectivity index (χ1n) is 6.21. The van der Waals surface area contributed by atoms with Crippen LogP contribution in [0.5, 0.6) is 0 Å². The summed E-state index contributed by atoms with van der Waals surface area (Å²) < 4.78 is 2.62. The van der Waals surface area contributed by atoms with E-state index in [2.05, 4.69) is 15.5 Å². The molecule has 5 nitrogen and oxygen atoms in total. The molecule has 1 saturated carbocycles. The normalized spacial score (nSPS) is 14.5. The molecule has 0 spiro atoms. The van der Waals surface area contributed by atoms with Gasteiger partial charge in [-0.1, -0.05) is 0 Å². The van der Waals surface area contributed by atoms with E-state index in [-0.39, 0.29) is 5.91 Å². The maximum Gasteiger partial charge on any atom is 0.252 e. The van der Waals surface area contributed by atoms with Gasteiger partial charge in [0.25, 0.3) is 5.91 Å². The topological polar surface area (TPSA) is 62.7 Å². The highest BCUT2D eigenvalue weighted by Gasteiger charge is 2.28. The second kappa shape index (κ2) is 5.26. The van der Waals surface area contributed by atoms with Crippen LogP contribution in [0.2, 0.25) is 0 Å². The molecule has 2 aromatic rings. The average Bonchev–Trinajstić information content (AvgIpc) is 2.97. The number of H-pyrrole nitrogens is 1. The Morgan fingerprint density at radius 1 is 1.63 bits per heavy atom. The first kappa shape index (κ1) is 12.6. The van der Waals surface area contributed by atoms with E-state index in [0.29, 0.717) is 29.3 Å². The van der Waals surface area contributed by atoms with E-state index in [4.69, 9.17) is 12.2 Å². The molecule has 3 rings (SSSR count). The molecule has 0 aromatic carbocycles. The molecule has 1 amide bonds. The van der Waals surface area contributed by atoms with E-state index in [9.17, 15) is 4.79 Å². The van der Waals surface area contributed by atoms with Crippen molar-refractivity contribution in [1.82, 2.24) is 20.1 Å². The van der Waals surface area contributed by atoms with Crippen LogP contribution < -0.4 is 5.32 Å². The van der Waals surface area contributed by atoms with E-state index >= 15 is 0 Å². The second-order valence-electron chi connectivity index (χ2n) is 4.58. The summed E-state index contributed by atoms with van der Waals surface area (Å²) in [5, 5.41) is 13.7. The summed E-state index contributed by atoms with van der Waals surface area (Å²) >= 11 is 6.73. The molecule has 7 heteroatoms. The van der Waals surface area contributed by atoms with Gasteiger partial charge in [0, 0.05) is 30.0 Å². The lowest BCUT2D eigenvalue weighted by Crippen LogP contribution is -2.27. The summed E-state index contributed by atoms with van der Waals surface area (Å²) in [6.45, 7) is 1.22. The number of carbonyl (C=O) groups excluding carboxylic acids is 1. The van der Waals surface area contributed by atoms with E-state index in [1.54, 1.807) is 0 Å². The number of aromatic nitrogens is 3. The Bertz CT molecular complexity index is 624. The van der Waals surface area contributed by atoms with Gasteiger partial charge in [-0.3, -0.25) is 9.89 Å². The van der Waals surface area contributed by atoms with Crippen LogP contribution in [0, 0.1) is 4.77 Å². The van der Waals surface area contributed by atoms with Crippen LogP contribution >= 0.6 is 23.6 Å². The summed E-state index contributed by atoms with van der Waals surface area (Å²) in [6.07, 6.45) is 2.36. The second-order valence-corrected chi connectivity index (χ2v) is 5.75. The standard InChI is InChI=1S/C12H14N4OS2/c17-11(9-3-6-19-7-9)13-4-5-16-10(8-1-2-8)14-15-12(16)18/h3,6-8H,1-2,4-5H2,(H,13,17)(H,15,18). The van der Waals surface area contributed by atoms with Crippen LogP contribution in [0.3, 0.4) is 0 Å². The fraction of sp³-hybridized carbons (Fsp3) is 0.417. The van der Waals surface area contributed by atoms with Gasteiger partial charge in [0.05, 0.1) is 0 Å². The van der Waals surface area contributed by atoms with Crippen LogP contribution in [0.4, 0.5) is 0 Å². The Hall–Kier alpha value is -1.47. The summed E-state index contributed by atoms with van der Waals surface area (Å²) in [5.41, 5.74) is 0.711. The van der Waals surface area contributed by atoms with Crippen LogP contribution in [0.1, 0.15) is 34.9 Å². The number of nitrogens with zero attached hydrogens (tertiary/aromatic N) is 2. The highest BCUT2D eigenvalue weighted by atomic mass is 32.1. The summed E-state index contributed by atoms with van der Waals surface area (Å²) in [6, 6.07) is 1.82. The van der Waals surface area contributed by atoms with Gasteiger partial charge in [-0.05, 0) is 36.5 Å². The van der Waals surface area contributed by atoms with Crippen molar-refractivity contribution >= 4 is 29.5 Å². The predicted octanol–water partition coefficient (Wildman–Crippen LogP) is 2.31. The van der Waals surface area contributed by atoms with Gasteiger partial charge < -0.3 is 9.88 Å². The minimum atomic E-state index is -0.0377. The quantitative estimate of drug-likeness (QED) is 0.832. The van der Waals surface area contributed by atoms with E-state index < -0.39 is 0 Å². The summed E-state index contributed by atoms with van der Waals surface area (Å²) in [7, 11) is 0. The molecule has 0 saturated heterocycles. The summed E-state index contributed by atoms with van der Waals surface area (Å²) in [4.78, 5) is 11.8. The molecule has 2 aromatic heterocycles. The Labute approximate surface area is 119 Å². The maximum absolute atomic E-state index is 11.8. The molecule has 0 bridgehead atoms. The molecule has 0 unspecified atom stereocenters. The molecule has 1 aliphatic carbocycles. The number of aromatic amines is 1. The number of thiophene rings is 1. The summed E-state index contributed by atoms with van der Waals surface area (Å²) in [5.74, 6) is 1.53. The third-order valence-electron chi connectivity index (χ3n) is 3.13. The van der Waals surface area contributed by atoms with Gasteiger partial charge in [-0.25, -0.2) is 0 Å². The van der Waals surface area contributed by atoms with E-state index in [1.165, 1.54) is 24.2 Å². The average molecular weight is 294 g/mol. The number of hydrogen-bond acceptors (Lipinski definition) is 4. The molecule has 0 atom stereocenters.